The molecule has 2 amide bonds. The number of amides is 2. The number of ether oxygens (including phenoxy) is 2. The first-order chi connectivity index (χ1) is 12.5. The highest BCUT2D eigenvalue weighted by Crippen LogP contribution is 2.39. The van der Waals surface area contributed by atoms with Gasteiger partial charge in [-0.25, -0.2) is 4.79 Å². The number of rotatable bonds is 4. The lowest BCUT2D eigenvalue weighted by Gasteiger charge is -2.27. The summed E-state index contributed by atoms with van der Waals surface area (Å²) in [6.45, 7) is 0.706. The SMILES string of the molecule is COc1ccc(C2CCCN2C(=O)Nc2cc(Br)ccc2Br)c(OC)c1. The van der Waals surface area contributed by atoms with Crippen molar-refractivity contribution in [2.24, 2.45) is 0 Å². The van der Waals surface area contributed by atoms with Gasteiger partial charge in [0.15, 0.2) is 0 Å². The van der Waals surface area contributed by atoms with E-state index in [0.717, 1.165) is 44.5 Å². The summed E-state index contributed by atoms with van der Waals surface area (Å²) >= 11 is 6.91. The molecule has 1 saturated heterocycles. The van der Waals surface area contributed by atoms with E-state index >= 15 is 0 Å². The van der Waals surface area contributed by atoms with Crippen LogP contribution < -0.4 is 14.8 Å². The van der Waals surface area contributed by atoms with Crippen LogP contribution in [0.2, 0.25) is 0 Å². The van der Waals surface area contributed by atoms with Crippen molar-refractivity contribution < 1.29 is 14.3 Å². The normalized spacial score (nSPS) is 16.5. The number of urea groups is 1. The Kier molecular flexibility index (Phi) is 6.09. The molecule has 7 heteroatoms. The molecule has 3 rings (SSSR count). The maximum atomic E-state index is 12.9. The summed E-state index contributed by atoms with van der Waals surface area (Å²) in [6.07, 6.45) is 1.85. The summed E-state index contributed by atoms with van der Waals surface area (Å²) in [4.78, 5) is 14.8. The Hall–Kier alpha value is -1.73. The molecule has 1 aliphatic rings. The average molecular weight is 484 g/mol. The molecule has 0 saturated carbocycles. The lowest BCUT2D eigenvalue weighted by atomic mass is 10.0. The topological polar surface area (TPSA) is 50.8 Å². The van der Waals surface area contributed by atoms with E-state index in [-0.39, 0.29) is 12.1 Å². The Morgan fingerprint density at radius 2 is 1.96 bits per heavy atom. The second-order valence-electron chi connectivity index (χ2n) is 6.01. The van der Waals surface area contributed by atoms with Crippen molar-refractivity contribution in [1.82, 2.24) is 4.90 Å². The minimum absolute atomic E-state index is 0.0261. The van der Waals surface area contributed by atoms with Gasteiger partial charge in [-0.15, -0.1) is 0 Å². The molecule has 2 aromatic rings. The minimum atomic E-state index is -0.121. The van der Waals surface area contributed by atoms with Gasteiger partial charge in [-0.05, 0) is 59.1 Å². The van der Waals surface area contributed by atoms with E-state index in [2.05, 4.69) is 37.2 Å². The number of hydrogen-bond acceptors (Lipinski definition) is 3. The van der Waals surface area contributed by atoms with Crippen LogP contribution in [0, 0.1) is 0 Å². The van der Waals surface area contributed by atoms with Crippen LogP contribution in [0.25, 0.3) is 0 Å². The molecule has 1 fully saturated rings. The molecule has 1 unspecified atom stereocenters. The van der Waals surface area contributed by atoms with Crippen molar-refractivity contribution in [2.75, 3.05) is 26.1 Å². The Morgan fingerprint density at radius 1 is 1.15 bits per heavy atom. The molecular weight excluding hydrogens is 464 g/mol. The van der Waals surface area contributed by atoms with E-state index in [1.54, 1.807) is 14.2 Å². The van der Waals surface area contributed by atoms with E-state index in [1.165, 1.54) is 0 Å². The fourth-order valence-electron chi connectivity index (χ4n) is 3.21. The number of anilines is 1. The molecular formula is C19H20Br2N2O3. The quantitative estimate of drug-likeness (QED) is 0.615. The van der Waals surface area contributed by atoms with Crippen molar-refractivity contribution in [3.05, 3.63) is 50.9 Å². The van der Waals surface area contributed by atoms with E-state index in [1.807, 2.05) is 41.3 Å². The summed E-state index contributed by atoms with van der Waals surface area (Å²) < 4.78 is 12.5. The van der Waals surface area contributed by atoms with Gasteiger partial charge in [0, 0.05) is 27.1 Å². The molecule has 0 aliphatic carbocycles. The van der Waals surface area contributed by atoms with Crippen LogP contribution in [-0.2, 0) is 0 Å². The number of halogens is 2. The summed E-state index contributed by atoms with van der Waals surface area (Å²) in [6, 6.07) is 11.3. The molecule has 26 heavy (non-hydrogen) atoms. The maximum Gasteiger partial charge on any atom is 0.322 e. The van der Waals surface area contributed by atoms with Crippen LogP contribution >= 0.6 is 31.9 Å². The number of methoxy groups -OCH3 is 2. The van der Waals surface area contributed by atoms with Gasteiger partial charge < -0.3 is 19.7 Å². The second kappa shape index (κ2) is 8.31. The molecule has 1 N–H and O–H groups in total. The highest BCUT2D eigenvalue weighted by molar-refractivity contribution is 9.11. The largest absolute Gasteiger partial charge is 0.497 e. The zero-order chi connectivity index (χ0) is 18.7. The van der Waals surface area contributed by atoms with Crippen molar-refractivity contribution in [1.29, 1.82) is 0 Å². The molecule has 0 bridgehead atoms. The zero-order valence-corrected chi connectivity index (χ0v) is 17.8. The first-order valence-electron chi connectivity index (χ1n) is 8.28. The van der Waals surface area contributed by atoms with Crippen LogP contribution in [0.1, 0.15) is 24.4 Å². The smallest absolute Gasteiger partial charge is 0.322 e. The molecule has 0 radical (unpaired) electrons. The summed E-state index contributed by atoms with van der Waals surface area (Å²) in [5.74, 6) is 1.47. The van der Waals surface area contributed by atoms with E-state index in [4.69, 9.17) is 9.47 Å². The number of carbonyl (C=O) groups excluding carboxylic acids is 1. The second-order valence-corrected chi connectivity index (χ2v) is 7.78. The molecule has 0 spiro atoms. The van der Waals surface area contributed by atoms with Crippen molar-refractivity contribution >= 4 is 43.6 Å². The monoisotopic (exact) mass is 482 g/mol. The molecule has 1 atom stereocenters. The molecule has 5 nitrogen and oxygen atoms in total. The standard InChI is InChI=1S/C19H20Br2N2O3/c1-25-13-6-7-14(18(11-13)26-2)17-4-3-9-23(17)19(24)22-16-10-12(20)5-8-15(16)21/h5-8,10-11,17H,3-4,9H2,1-2H3,(H,22,24). The summed E-state index contributed by atoms with van der Waals surface area (Å²) in [7, 11) is 3.26. The number of carbonyl (C=O) groups is 1. The van der Waals surface area contributed by atoms with E-state index in [9.17, 15) is 4.79 Å². The Morgan fingerprint density at radius 3 is 2.69 bits per heavy atom. The van der Waals surface area contributed by atoms with Crippen LogP contribution in [0.15, 0.2) is 45.3 Å². The van der Waals surface area contributed by atoms with Gasteiger partial charge in [0.05, 0.1) is 25.9 Å². The predicted octanol–water partition coefficient (Wildman–Crippen LogP) is 5.60. The van der Waals surface area contributed by atoms with Crippen LogP contribution in [0.5, 0.6) is 11.5 Å². The van der Waals surface area contributed by atoms with Gasteiger partial charge in [-0.2, -0.15) is 0 Å². The van der Waals surface area contributed by atoms with Gasteiger partial charge in [0.2, 0.25) is 0 Å². The Bertz CT molecular complexity index is 813. The number of benzene rings is 2. The lowest BCUT2D eigenvalue weighted by molar-refractivity contribution is 0.206. The van der Waals surface area contributed by atoms with Crippen LogP contribution in [-0.4, -0.2) is 31.7 Å². The van der Waals surface area contributed by atoms with Crippen LogP contribution in [0.3, 0.4) is 0 Å². The molecule has 138 valence electrons. The fraction of sp³-hybridized carbons (Fsp3) is 0.316. The summed E-state index contributed by atoms with van der Waals surface area (Å²) in [5, 5.41) is 3.00. The van der Waals surface area contributed by atoms with E-state index < -0.39 is 0 Å². The Labute approximate surface area is 169 Å². The van der Waals surface area contributed by atoms with Gasteiger partial charge in [-0.3, -0.25) is 0 Å². The summed E-state index contributed by atoms with van der Waals surface area (Å²) in [5.41, 5.74) is 1.73. The van der Waals surface area contributed by atoms with Crippen molar-refractivity contribution in [3.8, 4) is 11.5 Å². The van der Waals surface area contributed by atoms with Gasteiger partial charge in [0.1, 0.15) is 11.5 Å². The number of nitrogens with zero attached hydrogens (tertiary/aromatic N) is 1. The fourth-order valence-corrected chi connectivity index (χ4v) is 3.91. The molecule has 1 aliphatic heterocycles. The third kappa shape index (κ3) is 3.99. The predicted molar refractivity (Wildman–Crippen MR) is 109 cm³/mol. The molecule has 2 aromatic carbocycles. The minimum Gasteiger partial charge on any atom is -0.497 e. The average Bonchev–Trinajstić information content (AvgIpc) is 3.13. The van der Waals surface area contributed by atoms with Crippen molar-refractivity contribution in [2.45, 2.75) is 18.9 Å². The Balaban J connectivity index is 1.84. The number of likely N-dealkylation sites (tertiary alicyclic amines) is 1. The lowest BCUT2D eigenvalue weighted by Crippen LogP contribution is -2.34. The van der Waals surface area contributed by atoms with Gasteiger partial charge >= 0.3 is 6.03 Å². The van der Waals surface area contributed by atoms with Crippen molar-refractivity contribution in [3.63, 3.8) is 0 Å². The third-order valence-electron chi connectivity index (χ3n) is 4.48. The molecule has 0 aromatic heterocycles. The first-order valence-corrected chi connectivity index (χ1v) is 9.86. The first kappa shape index (κ1) is 19.0. The highest BCUT2D eigenvalue weighted by atomic mass is 79.9. The highest BCUT2D eigenvalue weighted by Gasteiger charge is 2.32. The van der Waals surface area contributed by atoms with E-state index in [0.29, 0.717) is 6.54 Å². The zero-order valence-electron chi connectivity index (χ0n) is 14.6. The van der Waals surface area contributed by atoms with Gasteiger partial charge in [-0.1, -0.05) is 15.9 Å². The molecule has 1 heterocycles. The third-order valence-corrected chi connectivity index (χ3v) is 5.67. The number of nitrogens with one attached hydrogen (secondary N) is 1. The van der Waals surface area contributed by atoms with Gasteiger partial charge in [0.25, 0.3) is 0 Å². The van der Waals surface area contributed by atoms with Crippen LogP contribution in [0.4, 0.5) is 10.5 Å². The number of hydrogen-bond donors (Lipinski definition) is 1. The maximum absolute atomic E-state index is 12.9.